The molecule has 0 unspecified atom stereocenters. The van der Waals surface area contributed by atoms with Crippen molar-refractivity contribution in [3.63, 3.8) is 0 Å². The molecule has 0 atom stereocenters. The Kier molecular flexibility index (Phi) is 29.5. The highest BCUT2D eigenvalue weighted by Crippen LogP contribution is 2.15. The topological polar surface area (TPSA) is 20.2 Å². The van der Waals surface area contributed by atoms with E-state index in [1.807, 2.05) is 0 Å². The largest absolute Gasteiger partial charge is 0.396 e. The molecule has 0 radical (unpaired) electrons. The van der Waals surface area contributed by atoms with E-state index in [0.29, 0.717) is 6.61 Å². The van der Waals surface area contributed by atoms with Crippen molar-refractivity contribution in [3.8, 4) is 0 Å². The summed E-state index contributed by atoms with van der Waals surface area (Å²) in [7, 11) is 0. The first-order valence-electron chi connectivity index (χ1n) is 14.1. The first-order valence-corrected chi connectivity index (χ1v) is 14.6. The monoisotopic (exact) mass is 444 g/mol. The Bertz CT molecular complexity index is 254. The van der Waals surface area contributed by atoms with E-state index in [1.54, 1.807) is 0 Å². The van der Waals surface area contributed by atoms with Crippen molar-refractivity contribution in [2.45, 2.75) is 167 Å². The van der Waals surface area contributed by atoms with Crippen LogP contribution in [-0.4, -0.2) is 17.6 Å². The molecule has 0 aliphatic rings. The normalized spacial score (nSPS) is 11.4. The zero-order valence-electron chi connectivity index (χ0n) is 20.6. The molecule has 0 aliphatic heterocycles. The Morgan fingerprint density at radius 1 is 0.267 bits per heavy atom. The van der Waals surface area contributed by atoms with Gasteiger partial charge in [0.15, 0.2) is 0 Å². The third kappa shape index (κ3) is 28.2. The lowest BCUT2D eigenvalue weighted by molar-refractivity contribution is 0.282. The van der Waals surface area contributed by atoms with Crippen molar-refractivity contribution in [3.05, 3.63) is 0 Å². The van der Waals surface area contributed by atoms with Crippen molar-refractivity contribution in [2.24, 2.45) is 0 Å². The van der Waals surface area contributed by atoms with Crippen LogP contribution in [0.3, 0.4) is 0 Å². The molecule has 30 heavy (non-hydrogen) atoms. The number of rotatable bonds is 27. The molecule has 0 spiro atoms. The SMILES string of the molecule is OCCCCCCCCCCCCCCCCCCCCCCCCCCCCCl. The van der Waals surface area contributed by atoms with Crippen molar-refractivity contribution >= 4 is 11.6 Å². The quantitative estimate of drug-likeness (QED) is 0.0985. The van der Waals surface area contributed by atoms with Crippen LogP contribution in [0.5, 0.6) is 0 Å². The summed E-state index contributed by atoms with van der Waals surface area (Å²) in [6, 6.07) is 0. The van der Waals surface area contributed by atoms with Gasteiger partial charge in [0.2, 0.25) is 0 Å². The van der Waals surface area contributed by atoms with Crippen LogP contribution in [0.25, 0.3) is 0 Å². The fourth-order valence-corrected chi connectivity index (χ4v) is 4.64. The van der Waals surface area contributed by atoms with Gasteiger partial charge in [-0.1, -0.05) is 154 Å². The van der Waals surface area contributed by atoms with Crippen molar-refractivity contribution in [2.75, 3.05) is 12.5 Å². The maximum Gasteiger partial charge on any atom is 0.0431 e. The lowest BCUT2D eigenvalue weighted by Crippen LogP contribution is -1.85. The van der Waals surface area contributed by atoms with Crippen molar-refractivity contribution in [1.29, 1.82) is 0 Å². The number of halogens is 1. The van der Waals surface area contributed by atoms with E-state index in [4.69, 9.17) is 16.7 Å². The molecule has 0 aromatic rings. The number of hydrogen-bond donors (Lipinski definition) is 1. The molecule has 0 heterocycles. The minimum atomic E-state index is 0.372. The molecule has 1 N–H and O–H groups in total. The summed E-state index contributed by atoms with van der Waals surface area (Å²) >= 11 is 5.70. The molecular formula is C28H57ClO. The van der Waals surface area contributed by atoms with Crippen LogP contribution < -0.4 is 0 Å². The molecule has 0 rings (SSSR count). The molecule has 0 fully saturated rings. The first kappa shape index (κ1) is 30.2. The second kappa shape index (κ2) is 29.2. The van der Waals surface area contributed by atoms with Gasteiger partial charge in [-0.15, -0.1) is 11.6 Å². The predicted octanol–water partition coefficient (Wildman–Crippen LogP) is 10.4. The fraction of sp³-hybridized carbons (Fsp3) is 1.00. The molecule has 0 aliphatic carbocycles. The summed E-state index contributed by atoms with van der Waals surface area (Å²) < 4.78 is 0. The Morgan fingerprint density at radius 3 is 0.600 bits per heavy atom. The Balaban J connectivity index is 2.97. The Labute approximate surface area is 196 Å². The van der Waals surface area contributed by atoms with Crippen molar-refractivity contribution in [1.82, 2.24) is 0 Å². The molecule has 2 heteroatoms. The van der Waals surface area contributed by atoms with Gasteiger partial charge in [0.05, 0.1) is 0 Å². The predicted molar refractivity (Wildman–Crippen MR) is 138 cm³/mol. The van der Waals surface area contributed by atoms with E-state index in [-0.39, 0.29) is 0 Å². The molecule has 0 aromatic heterocycles. The van der Waals surface area contributed by atoms with E-state index < -0.39 is 0 Å². The lowest BCUT2D eigenvalue weighted by Gasteiger charge is -2.04. The summed E-state index contributed by atoms with van der Waals surface area (Å²) in [5, 5.41) is 8.75. The molecular weight excluding hydrogens is 388 g/mol. The zero-order valence-corrected chi connectivity index (χ0v) is 21.4. The van der Waals surface area contributed by atoms with Crippen LogP contribution in [0, 0.1) is 0 Å². The van der Waals surface area contributed by atoms with Crippen LogP contribution in [-0.2, 0) is 0 Å². The highest BCUT2D eigenvalue weighted by molar-refractivity contribution is 6.17. The summed E-state index contributed by atoms with van der Waals surface area (Å²) in [6.07, 6.45) is 36.4. The summed E-state index contributed by atoms with van der Waals surface area (Å²) in [4.78, 5) is 0. The fourth-order valence-electron chi connectivity index (χ4n) is 4.45. The van der Waals surface area contributed by atoms with E-state index in [2.05, 4.69) is 0 Å². The Hall–Kier alpha value is 0.250. The summed E-state index contributed by atoms with van der Waals surface area (Å²) in [5.74, 6) is 0.842. The van der Waals surface area contributed by atoms with Gasteiger partial charge in [-0.05, 0) is 12.8 Å². The van der Waals surface area contributed by atoms with Crippen LogP contribution in [0.4, 0.5) is 0 Å². The average Bonchev–Trinajstić information content (AvgIpc) is 2.76. The molecule has 1 nitrogen and oxygen atoms in total. The van der Waals surface area contributed by atoms with E-state index in [0.717, 1.165) is 12.3 Å². The van der Waals surface area contributed by atoms with Gasteiger partial charge in [0, 0.05) is 12.5 Å². The number of aliphatic hydroxyl groups excluding tert-OH is 1. The van der Waals surface area contributed by atoms with Crippen LogP contribution >= 0.6 is 11.6 Å². The molecule has 0 amide bonds. The highest BCUT2D eigenvalue weighted by Gasteiger charge is 1.96. The van der Waals surface area contributed by atoms with E-state index in [1.165, 1.54) is 161 Å². The van der Waals surface area contributed by atoms with Gasteiger partial charge in [0.1, 0.15) is 0 Å². The van der Waals surface area contributed by atoms with Crippen LogP contribution in [0.1, 0.15) is 167 Å². The number of aliphatic hydroxyl groups is 1. The summed E-state index contributed by atoms with van der Waals surface area (Å²) in [5.41, 5.74) is 0. The van der Waals surface area contributed by atoms with E-state index in [9.17, 15) is 0 Å². The second-order valence-electron chi connectivity index (χ2n) is 9.60. The van der Waals surface area contributed by atoms with Gasteiger partial charge < -0.3 is 5.11 Å². The first-order chi connectivity index (χ1) is 14.9. The molecule has 0 aromatic carbocycles. The van der Waals surface area contributed by atoms with Gasteiger partial charge in [-0.25, -0.2) is 0 Å². The molecule has 182 valence electrons. The van der Waals surface area contributed by atoms with Gasteiger partial charge >= 0.3 is 0 Å². The average molecular weight is 445 g/mol. The molecule has 0 saturated carbocycles. The summed E-state index contributed by atoms with van der Waals surface area (Å²) in [6.45, 7) is 0.372. The Morgan fingerprint density at radius 2 is 0.433 bits per heavy atom. The standard InChI is InChI=1S/C28H57ClO/c29-27-25-23-21-19-17-15-13-11-9-7-5-3-1-2-4-6-8-10-12-14-16-18-20-22-24-26-28-30/h30H,1-28H2. The van der Waals surface area contributed by atoms with Crippen molar-refractivity contribution < 1.29 is 5.11 Å². The van der Waals surface area contributed by atoms with Crippen LogP contribution in [0.2, 0.25) is 0 Å². The number of hydrogen-bond acceptors (Lipinski definition) is 1. The van der Waals surface area contributed by atoms with Gasteiger partial charge in [-0.2, -0.15) is 0 Å². The minimum Gasteiger partial charge on any atom is -0.396 e. The van der Waals surface area contributed by atoms with E-state index >= 15 is 0 Å². The third-order valence-electron chi connectivity index (χ3n) is 6.54. The third-order valence-corrected chi connectivity index (χ3v) is 6.81. The maximum atomic E-state index is 8.75. The zero-order chi connectivity index (χ0) is 21.8. The maximum absolute atomic E-state index is 8.75. The molecule has 0 saturated heterocycles. The van der Waals surface area contributed by atoms with Gasteiger partial charge in [0.25, 0.3) is 0 Å². The highest BCUT2D eigenvalue weighted by atomic mass is 35.5. The number of unbranched alkanes of at least 4 members (excludes halogenated alkanes) is 25. The smallest absolute Gasteiger partial charge is 0.0431 e. The lowest BCUT2D eigenvalue weighted by atomic mass is 10.0. The van der Waals surface area contributed by atoms with Gasteiger partial charge in [-0.3, -0.25) is 0 Å². The van der Waals surface area contributed by atoms with Crippen LogP contribution in [0.15, 0.2) is 0 Å². The molecule has 0 bridgehead atoms. The number of alkyl halides is 1. The second-order valence-corrected chi connectivity index (χ2v) is 9.98. The minimum absolute atomic E-state index is 0.372.